The summed E-state index contributed by atoms with van der Waals surface area (Å²) in [4.78, 5) is 13.5. The SMILES string of the molecule is O=C(O)CC1NCC2(CCCCC2)N1c1ccccc1. The number of carboxylic acid groups (broad SMARTS) is 1. The van der Waals surface area contributed by atoms with Gasteiger partial charge in [-0.3, -0.25) is 10.1 Å². The summed E-state index contributed by atoms with van der Waals surface area (Å²) in [6.07, 6.45) is 6.16. The second kappa shape index (κ2) is 5.44. The zero-order valence-corrected chi connectivity index (χ0v) is 11.7. The van der Waals surface area contributed by atoms with Crippen molar-refractivity contribution in [3.05, 3.63) is 30.3 Å². The van der Waals surface area contributed by atoms with E-state index in [1.807, 2.05) is 18.2 Å². The van der Waals surface area contributed by atoms with Crippen LogP contribution in [-0.4, -0.2) is 29.3 Å². The van der Waals surface area contributed by atoms with Crippen molar-refractivity contribution in [1.29, 1.82) is 0 Å². The number of para-hydroxylation sites is 1. The molecule has 1 aromatic carbocycles. The Morgan fingerprint density at radius 3 is 2.60 bits per heavy atom. The summed E-state index contributed by atoms with van der Waals surface area (Å²) in [5.74, 6) is -0.740. The van der Waals surface area contributed by atoms with Crippen molar-refractivity contribution in [2.75, 3.05) is 11.4 Å². The van der Waals surface area contributed by atoms with Crippen molar-refractivity contribution < 1.29 is 9.90 Å². The van der Waals surface area contributed by atoms with Gasteiger partial charge in [0.1, 0.15) is 0 Å². The molecule has 0 amide bonds. The number of anilines is 1. The topological polar surface area (TPSA) is 52.6 Å². The first-order chi connectivity index (χ1) is 9.71. The summed E-state index contributed by atoms with van der Waals surface area (Å²) in [6, 6.07) is 10.3. The Hall–Kier alpha value is -1.55. The molecule has 1 unspecified atom stereocenters. The molecule has 4 heteroatoms. The van der Waals surface area contributed by atoms with Crippen LogP contribution >= 0.6 is 0 Å². The van der Waals surface area contributed by atoms with Gasteiger partial charge in [0.2, 0.25) is 0 Å². The van der Waals surface area contributed by atoms with Crippen molar-refractivity contribution in [2.24, 2.45) is 0 Å². The quantitative estimate of drug-likeness (QED) is 0.889. The molecule has 1 saturated heterocycles. The van der Waals surface area contributed by atoms with E-state index in [4.69, 9.17) is 5.11 Å². The number of rotatable bonds is 3. The highest BCUT2D eigenvalue weighted by Crippen LogP contribution is 2.41. The third kappa shape index (κ3) is 2.40. The van der Waals surface area contributed by atoms with Gasteiger partial charge < -0.3 is 10.0 Å². The number of hydrogen-bond acceptors (Lipinski definition) is 3. The number of hydrogen-bond donors (Lipinski definition) is 2. The largest absolute Gasteiger partial charge is 0.481 e. The van der Waals surface area contributed by atoms with E-state index in [2.05, 4.69) is 22.3 Å². The minimum absolute atomic E-state index is 0.0898. The Kier molecular flexibility index (Phi) is 3.66. The Bertz CT molecular complexity index is 469. The second-order valence-corrected chi connectivity index (χ2v) is 5.99. The minimum atomic E-state index is -0.740. The van der Waals surface area contributed by atoms with Gasteiger partial charge in [-0.15, -0.1) is 0 Å². The molecule has 2 aliphatic rings. The van der Waals surface area contributed by atoms with Gasteiger partial charge >= 0.3 is 5.97 Å². The van der Waals surface area contributed by atoms with E-state index >= 15 is 0 Å². The van der Waals surface area contributed by atoms with Crippen molar-refractivity contribution in [3.8, 4) is 0 Å². The Morgan fingerprint density at radius 2 is 1.95 bits per heavy atom. The average Bonchev–Trinajstić information content (AvgIpc) is 2.78. The number of nitrogens with zero attached hydrogens (tertiary/aromatic N) is 1. The van der Waals surface area contributed by atoms with E-state index in [1.54, 1.807) is 0 Å². The van der Waals surface area contributed by atoms with E-state index in [-0.39, 0.29) is 18.1 Å². The molecule has 1 aromatic rings. The molecule has 4 nitrogen and oxygen atoms in total. The van der Waals surface area contributed by atoms with Crippen LogP contribution in [-0.2, 0) is 4.79 Å². The van der Waals surface area contributed by atoms with Crippen LogP contribution in [0.5, 0.6) is 0 Å². The first kappa shape index (κ1) is 13.4. The Morgan fingerprint density at radius 1 is 1.25 bits per heavy atom. The van der Waals surface area contributed by atoms with Gasteiger partial charge in [-0.25, -0.2) is 0 Å². The summed E-state index contributed by atoms with van der Waals surface area (Å²) < 4.78 is 0. The fourth-order valence-corrected chi connectivity index (χ4v) is 3.81. The van der Waals surface area contributed by atoms with E-state index in [9.17, 15) is 4.79 Å². The highest BCUT2D eigenvalue weighted by Gasteiger charge is 2.46. The van der Waals surface area contributed by atoms with Crippen LogP contribution in [0.25, 0.3) is 0 Å². The van der Waals surface area contributed by atoms with Gasteiger partial charge in [0, 0.05) is 12.2 Å². The summed E-state index contributed by atoms with van der Waals surface area (Å²) in [7, 11) is 0. The maximum Gasteiger partial charge on any atom is 0.306 e. The Labute approximate surface area is 119 Å². The molecule has 1 atom stereocenters. The maximum absolute atomic E-state index is 11.1. The van der Waals surface area contributed by atoms with Crippen LogP contribution in [0.15, 0.2) is 30.3 Å². The van der Waals surface area contributed by atoms with Gasteiger partial charge in [0.05, 0.1) is 18.1 Å². The van der Waals surface area contributed by atoms with Crippen LogP contribution in [0.2, 0.25) is 0 Å². The maximum atomic E-state index is 11.1. The van der Waals surface area contributed by atoms with Crippen molar-refractivity contribution in [1.82, 2.24) is 5.32 Å². The zero-order chi connectivity index (χ0) is 14.0. The minimum Gasteiger partial charge on any atom is -0.481 e. The molecule has 2 fully saturated rings. The van der Waals surface area contributed by atoms with Crippen molar-refractivity contribution in [3.63, 3.8) is 0 Å². The molecule has 0 aromatic heterocycles. The van der Waals surface area contributed by atoms with Crippen LogP contribution in [0.3, 0.4) is 0 Å². The molecule has 2 N–H and O–H groups in total. The third-order valence-electron chi connectivity index (χ3n) is 4.68. The normalized spacial score (nSPS) is 25.0. The smallest absolute Gasteiger partial charge is 0.306 e. The first-order valence-electron chi connectivity index (χ1n) is 7.51. The monoisotopic (exact) mass is 274 g/mol. The summed E-state index contributed by atoms with van der Waals surface area (Å²) in [5.41, 5.74) is 1.25. The zero-order valence-electron chi connectivity index (χ0n) is 11.7. The molecule has 3 rings (SSSR count). The van der Waals surface area contributed by atoms with Gasteiger partial charge in [-0.05, 0) is 25.0 Å². The standard InChI is InChI=1S/C16H22N2O2/c19-15(20)11-14-17-12-16(9-5-2-6-10-16)18(14)13-7-3-1-4-8-13/h1,3-4,7-8,14,17H,2,5-6,9-12H2,(H,19,20). The van der Waals surface area contributed by atoms with Crippen molar-refractivity contribution >= 4 is 11.7 Å². The molecule has 1 heterocycles. The molecule has 20 heavy (non-hydrogen) atoms. The summed E-state index contributed by atoms with van der Waals surface area (Å²) >= 11 is 0. The molecule has 1 spiro atoms. The third-order valence-corrected chi connectivity index (χ3v) is 4.68. The molecular weight excluding hydrogens is 252 g/mol. The molecule has 0 bridgehead atoms. The lowest BCUT2D eigenvalue weighted by Gasteiger charge is -2.44. The molecule has 108 valence electrons. The van der Waals surface area contributed by atoms with Crippen molar-refractivity contribution in [2.45, 2.75) is 50.2 Å². The Balaban J connectivity index is 1.93. The highest BCUT2D eigenvalue weighted by molar-refractivity contribution is 5.69. The lowest BCUT2D eigenvalue weighted by Crippen LogP contribution is -2.51. The molecular formula is C16H22N2O2. The summed E-state index contributed by atoms with van der Waals surface area (Å²) in [5, 5.41) is 12.6. The fraction of sp³-hybridized carbons (Fsp3) is 0.562. The molecule has 1 saturated carbocycles. The number of carboxylic acids is 1. The van der Waals surface area contributed by atoms with Crippen LogP contribution in [0.4, 0.5) is 5.69 Å². The molecule has 1 aliphatic carbocycles. The molecule has 0 radical (unpaired) electrons. The van der Waals surface area contributed by atoms with E-state index in [1.165, 1.54) is 19.3 Å². The second-order valence-electron chi connectivity index (χ2n) is 5.99. The number of benzene rings is 1. The summed E-state index contributed by atoms with van der Waals surface area (Å²) in [6.45, 7) is 0.903. The molecule has 1 aliphatic heterocycles. The van der Waals surface area contributed by atoms with Gasteiger partial charge in [-0.2, -0.15) is 0 Å². The first-order valence-corrected chi connectivity index (χ1v) is 7.51. The van der Waals surface area contributed by atoms with E-state index < -0.39 is 5.97 Å². The number of aliphatic carboxylic acids is 1. The van der Waals surface area contributed by atoms with E-state index in [0.717, 1.165) is 25.1 Å². The lowest BCUT2D eigenvalue weighted by molar-refractivity contribution is -0.137. The highest BCUT2D eigenvalue weighted by atomic mass is 16.4. The predicted molar refractivity (Wildman–Crippen MR) is 78.8 cm³/mol. The van der Waals surface area contributed by atoms with Gasteiger partial charge in [-0.1, -0.05) is 37.5 Å². The lowest BCUT2D eigenvalue weighted by atomic mass is 9.81. The van der Waals surface area contributed by atoms with Crippen LogP contribution in [0, 0.1) is 0 Å². The van der Waals surface area contributed by atoms with Crippen LogP contribution < -0.4 is 10.2 Å². The predicted octanol–water partition coefficient (Wildman–Crippen LogP) is 2.60. The van der Waals surface area contributed by atoms with Crippen LogP contribution in [0.1, 0.15) is 38.5 Å². The van der Waals surface area contributed by atoms with Gasteiger partial charge in [0.25, 0.3) is 0 Å². The van der Waals surface area contributed by atoms with Gasteiger partial charge in [0.15, 0.2) is 0 Å². The van der Waals surface area contributed by atoms with E-state index in [0.29, 0.717) is 0 Å². The number of carbonyl (C=O) groups is 1. The average molecular weight is 274 g/mol. The number of nitrogens with one attached hydrogen (secondary N) is 1. The fourth-order valence-electron chi connectivity index (χ4n) is 3.81.